The average molecular weight is 548 g/mol. The van der Waals surface area contributed by atoms with Crippen molar-refractivity contribution in [2.45, 2.75) is 25.0 Å². The van der Waals surface area contributed by atoms with Crippen LogP contribution in [-0.4, -0.2) is 50.1 Å². The van der Waals surface area contributed by atoms with Crippen molar-refractivity contribution in [2.75, 3.05) is 11.5 Å². The normalized spacial score (nSPS) is 16.4. The number of benzene rings is 3. The lowest BCUT2D eigenvalue weighted by atomic mass is 10.1. The zero-order valence-electron chi connectivity index (χ0n) is 21.9. The Hall–Kier alpha value is -5.22. The van der Waals surface area contributed by atoms with Gasteiger partial charge in [0.2, 0.25) is 5.95 Å². The summed E-state index contributed by atoms with van der Waals surface area (Å²) in [5.41, 5.74) is 2.22. The van der Waals surface area contributed by atoms with Crippen molar-refractivity contribution >= 4 is 29.4 Å². The highest BCUT2D eigenvalue weighted by molar-refractivity contribution is 6.25. The predicted molar refractivity (Wildman–Crippen MR) is 148 cm³/mol. The zero-order valence-corrected chi connectivity index (χ0v) is 21.9. The molecule has 2 atom stereocenters. The standard InChI is InChI=1S/C31H25N5O5/c37-28(21-10-4-1-5-11-21)35(29(38)22-12-6-2-7-13-22)31-33-20-32-27-25(18-34-36(27)31)26-17-16-24(41-26)19-40-30(39)23-14-8-3-9-15-23/h1-15,18,20,24,26H,16-17,19H2/t24-,26+/m1/s1. The monoisotopic (exact) mass is 547 g/mol. The third kappa shape index (κ3) is 5.32. The zero-order chi connectivity index (χ0) is 28.2. The third-order valence-electron chi connectivity index (χ3n) is 6.83. The minimum atomic E-state index is -0.547. The molecule has 0 unspecified atom stereocenters. The van der Waals surface area contributed by atoms with Gasteiger partial charge in [-0.15, -0.1) is 0 Å². The number of carbonyl (C=O) groups excluding carboxylic acids is 3. The summed E-state index contributed by atoms with van der Waals surface area (Å²) in [7, 11) is 0. The second kappa shape index (κ2) is 11.5. The topological polar surface area (TPSA) is 116 Å². The van der Waals surface area contributed by atoms with Gasteiger partial charge in [0.15, 0.2) is 5.65 Å². The molecule has 3 heterocycles. The molecule has 204 valence electrons. The molecule has 2 amide bonds. The van der Waals surface area contributed by atoms with E-state index in [-0.39, 0.29) is 24.8 Å². The fraction of sp³-hybridized carbons (Fsp3) is 0.161. The van der Waals surface area contributed by atoms with Crippen LogP contribution in [-0.2, 0) is 9.47 Å². The Balaban J connectivity index is 1.27. The second-order valence-corrected chi connectivity index (χ2v) is 9.48. The minimum absolute atomic E-state index is 0.00953. The van der Waals surface area contributed by atoms with E-state index in [0.717, 1.165) is 4.90 Å². The molecule has 0 N–H and O–H groups in total. The molecule has 6 rings (SSSR count). The van der Waals surface area contributed by atoms with Gasteiger partial charge in [-0.2, -0.15) is 9.61 Å². The maximum atomic E-state index is 13.7. The van der Waals surface area contributed by atoms with Gasteiger partial charge in [0, 0.05) is 16.7 Å². The van der Waals surface area contributed by atoms with Crippen LogP contribution in [0.3, 0.4) is 0 Å². The van der Waals surface area contributed by atoms with E-state index in [1.807, 2.05) is 6.07 Å². The first-order valence-electron chi connectivity index (χ1n) is 13.2. The molecule has 5 aromatic rings. The lowest BCUT2D eigenvalue weighted by Crippen LogP contribution is -2.39. The summed E-state index contributed by atoms with van der Waals surface area (Å²) in [5, 5.41) is 4.46. The largest absolute Gasteiger partial charge is 0.459 e. The number of amides is 2. The fourth-order valence-corrected chi connectivity index (χ4v) is 4.78. The summed E-state index contributed by atoms with van der Waals surface area (Å²) in [5.74, 6) is -1.49. The summed E-state index contributed by atoms with van der Waals surface area (Å²) in [4.78, 5) is 49.4. The van der Waals surface area contributed by atoms with Gasteiger partial charge in [0.25, 0.3) is 11.8 Å². The van der Waals surface area contributed by atoms with E-state index in [0.29, 0.717) is 40.7 Å². The van der Waals surface area contributed by atoms with Crippen LogP contribution in [0.5, 0.6) is 0 Å². The van der Waals surface area contributed by atoms with E-state index in [4.69, 9.17) is 9.47 Å². The van der Waals surface area contributed by atoms with E-state index in [1.54, 1.807) is 91.1 Å². The molecule has 0 radical (unpaired) electrons. The SMILES string of the molecule is O=C(OC[C@H]1CC[C@@H](c2cnn3c(N(C(=O)c4ccccc4)C(=O)c4ccccc4)ncnc23)O1)c1ccccc1. The lowest BCUT2D eigenvalue weighted by Gasteiger charge is -2.20. The number of fused-ring (bicyclic) bond motifs is 1. The number of esters is 1. The number of aromatic nitrogens is 4. The van der Waals surface area contributed by atoms with E-state index in [2.05, 4.69) is 15.1 Å². The highest BCUT2D eigenvalue weighted by atomic mass is 16.6. The number of nitrogens with zero attached hydrogens (tertiary/aromatic N) is 5. The smallest absolute Gasteiger partial charge is 0.338 e. The molecule has 41 heavy (non-hydrogen) atoms. The Labute approximate surface area is 235 Å². The van der Waals surface area contributed by atoms with Crippen LogP contribution in [0.2, 0.25) is 0 Å². The van der Waals surface area contributed by atoms with E-state index < -0.39 is 17.8 Å². The Morgan fingerprint density at radius 1 is 0.805 bits per heavy atom. The Morgan fingerprint density at radius 3 is 2.00 bits per heavy atom. The molecule has 0 saturated carbocycles. The molecule has 1 aliphatic heterocycles. The van der Waals surface area contributed by atoms with Gasteiger partial charge in [-0.1, -0.05) is 54.6 Å². The van der Waals surface area contributed by atoms with Gasteiger partial charge >= 0.3 is 5.97 Å². The molecule has 10 heteroatoms. The van der Waals surface area contributed by atoms with Crippen LogP contribution < -0.4 is 4.90 Å². The Morgan fingerprint density at radius 2 is 1.39 bits per heavy atom. The molecule has 1 saturated heterocycles. The number of imide groups is 1. The predicted octanol–water partition coefficient (Wildman–Crippen LogP) is 4.69. The number of anilines is 1. The summed E-state index contributed by atoms with van der Waals surface area (Å²) >= 11 is 0. The lowest BCUT2D eigenvalue weighted by molar-refractivity contribution is -0.00786. The van der Waals surface area contributed by atoms with Crippen molar-refractivity contribution in [2.24, 2.45) is 0 Å². The highest BCUT2D eigenvalue weighted by Gasteiger charge is 2.33. The van der Waals surface area contributed by atoms with Gasteiger partial charge < -0.3 is 9.47 Å². The third-order valence-corrected chi connectivity index (χ3v) is 6.83. The first kappa shape index (κ1) is 26.0. The van der Waals surface area contributed by atoms with Crippen LogP contribution in [0.1, 0.15) is 55.6 Å². The molecule has 2 aromatic heterocycles. The molecule has 1 fully saturated rings. The molecule has 10 nitrogen and oxygen atoms in total. The average Bonchev–Trinajstić information content (AvgIpc) is 3.69. The fourth-order valence-electron chi connectivity index (χ4n) is 4.78. The Bertz CT molecular complexity index is 1640. The number of ether oxygens (including phenoxy) is 2. The van der Waals surface area contributed by atoms with Crippen LogP contribution >= 0.6 is 0 Å². The first-order chi connectivity index (χ1) is 20.1. The van der Waals surface area contributed by atoms with Crippen LogP contribution in [0.4, 0.5) is 5.95 Å². The number of hydrogen-bond acceptors (Lipinski definition) is 8. The molecule has 1 aliphatic rings. The van der Waals surface area contributed by atoms with Gasteiger partial charge in [-0.3, -0.25) is 9.59 Å². The summed E-state index contributed by atoms with van der Waals surface area (Å²) in [6.07, 6.45) is 3.58. The van der Waals surface area contributed by atoms with Crippen LogP contribution in [0, 0.1) is 0 Å². The maximum Gasteiger partial charge on any atom is 0.338 e. The van der Waals surface area contributed by atoms with E-state index >= 15 is 0 Å². The molecular formula is C31H25N5O5. The van der Waals surface area contributed by atoms with Crippen molar-refractivity contribution in [1.82, 2.24) is 19.6 Å². The minimum Gasteiger partial charge on any atom is -0.459 e. The highest BCUT2D eigenvalue weighted by Crippen LogP contribution is 2.35. The van der Waals surface area contributed by atoms with Gasteiger partial charge in [-0.25, -0.2) is 19.7 Å². The van der Waals surface area contributed by atoms with Crippen molar-refractivity contribution in [3.63, 3.8) is 0 Å². The molecule has 0 aliphatic carbocycles. The molecule has 3 aromatic carbocycles. The van der Waals surface area contributed by atoms with E-state index in [1.165, 1.54) is 10.8 Å². The van der Waals surface area contributed by atoms with Gasteiger partial charge in [-0.05, 0) is 49.2 Å². The second-order valence-electron chi connectivity index (χ2n) is 9.48. The van der Waals surface area contributed by atoms with E-state index in [9.17, 15) is 14.4 Å². The van der Waals surface area contributed by atoms with Crippen molar-refractivity contribution in [3.05, 3.63) is 126 Å². The summed E-state index contributed by atoms with van der Waals surface area (Å²) in [6, 6.07) is 25.8. The number of carbonyl (C=O) groups is 3. The quantitative estimate of drug-likeness (QED) is 0.213. The molecule has 0 bridgehead atoms. The van der Waals surface area contributed by atoms with Crippen molar-refractivity contribution in [3.8, 4) is 0 Å². The maximum absolute atomic E-state index is 13.7. The molecule has 0 spiro atoms. The van der Waals surface area contributed by atoms with Gasteiger partial charge in [0.05, 0.1) is 24.0 Å². The van der Waals surface area contributed by atoms with Crippen LogP contribution in [0.15, 0.2) is 104 Å². The van der Waals surface area contributed by atoms with Crippen molar-refractivity contribution in [1.29, 1.82) is 0 Å². The number of rotatable bonds is 7. The van der Waals surface area contributed by atoms with Crippen LogP contribution in [0.25, 0.3) is 5.65 Å². The van der Waals surface area contributed by atoms with Gasteiger partial charge in [0.1, 0.15) is 12.9 Å². The number of hydrogen-bond donors (Lipinski definition) is 0. The molecular weight excluding hydrogens is 522 g/mol. The summed E-state index contributed by atoms with van der Waals surface area (Å²) in [6.45, 7) is 0.120. The Kier molecular flexibility index (Phi) is 7.29. The van der Waals surface area contributed by atoms with Crippen molar-refractivity contribution < 1.29 is 23.9 Å². The first-order valence-corrected chi connectivity index (χ1v) is 13.2. The summed E-state index contributed by atoms with van der Waals surface area (Å²) < 4.78 is 13.0.